The molecule has 9 heteroatoms. The summed E-state index contributed by atoms with van der Waals surface area (Å²) in [6.07, 6.45) is 1.80. The molecule has 2 aromatic carbocycles. The van der Waals surface area contributed by atoms with Crippen molar-refractivity contribution in [1.82, 2.24) is 9.47 Å². The molecule has 0 bridgehead atoms. The highest BCUT2D eigenvalue weighted by atomic mass is 32.1. The molecule has 0 unspecified atom stereocenters. The number of nitrogens with zero attached hydrogens (tertiary/aromatic N) is 3. The molecule has 1 atom stereocenters. The van der Waals surface area contributed by atoms with E-state index in [1.54, 1.807) is 49.0 Å². The fourth-order valence-corrected chi connectivity index (χ4v) is 5.59. The molecule has 0 saturated heterocycles. The van der Waals surface area contributed by atoms with Crippen molar-refractivity contribution in [3.05, 3.63) is 84.5 Å². The predicted molar refractivity (Wildman–Crippen MR) is 144 cm³/mol. The number of benzene rings is 2. The van der Waals surface area contributed by atoms with E-state index in [0.717, 1.165) is 5.56 Å². The van der Waals surface area contributed by atoms with E-state index in [4.69, 9.17) is 19.2 Å². The maximum Gasteiger partial charge on any atom is 0.271 e. The number of rotatable bonds is 8. The van der Waals surface area contributed by atoms with Crippen LogP contribution < -0.4 is 29.1 Å². The van der Waals surface area contributed by atoms with Crippen molar-refractivity contribution in [1.29, 1.82) is 0 Å². The third-order valence-corrected chi connectivity index (χ3v) is 7.44. The Morgan fingerprint density at radius 3 is 2.41 bits per heavy atom. The van der Waals surface area contributed by atoms with E-state index in [1.807, 2.05) is 51.1 Å². The summed E-state index contributed by atoms with van der Waals surface area (Å²) < 4.78 is 18.7. The summed E-state index contributed by atoms with van der Waals surface area (Å²) in [5.74, 6) is 1.63. The van der Waals surface area contributed by atoms with Crippen LogP contribution in [0, 0.1) is 0 Å². The monoisotopic (exact) mass is 521 g/mol. The van der Waals surface area contributed by atoms with Gasteiger partial charge >= 0.3 is 0 Å². The second-order valence-electron chi connectivity index (χ2n) is 8.41. The lowest BCUT2D eigenvalue weighted by molar-refractivity contribution is -0.127. The van der Waals surface area contributed by atoms with Gasteiger partial charge < -0.3 is 19.1 Å². The minimum atomic E-state index is -0.741. The summed E-state index contributed by atoms with van der Waals surface area (Å²) in [6, 6.07) is 12.1. The first-order valence-corrected chi connectivity index (χ1v) is 12.9. The summed E-state index contributed by atoms with van der Waals surface area (Å²) in [7, 11) is 4.74. The molecule has 8 nitrogen and oxygen atoms in total. The van der Waals surface area contributed by atoms with Gasteiger partial charge in [-0.3, -0.25) is 14.2 Å². The van der Waals surface area contributed by atoms with Gasteiger partial charge in [0.25, 0.3) is 11.5 Å². The van der Waals surface area contributed by atoms with Gasteiger partial charge in [0.15, 0.2) is 4.80 Å². The van der Waals surface area contributed by atoms with Gasteiger partial charge in [-0.15, -0.1) is 0 Å². The van der Waals surface area contributed by atoms with E-state index in [2.05, 4.69) is 0 Å². The van der Waals surface area contributed by atoms with Crippen LogP contribution in [0.3, 0.4) is 0 Å². The molecule has 2 heterocycles. The van der Waals surface area contributed by atoms with E-state index in [9.17, 15) is 9.59 Å². The number of methoxy groups -OCH3 is 3. The van der Waals surface area contributed by atoms with E-state index in [0.29, 0.717) is 56.5 Å². The van der Waals surface area contributed by atoms with E-state index < -0.39 is 6.04 Å². The quantitative estimate of drug-likeness (QED) is 0.455. The van der Waals surface area contributed by atoms with Gasteiger partial charge in [0.05, 0.1) is 37.1 Å². The van der Waals surface area contributed by atoms with Crippen molar-refractivity contribution in [3.8, 4) is 17.2 Å². The molecule has 1 aromatic heterocycles. The van der Waals surface area contributed by atoms with Crippen LogP contribution in [0.15, 0.2) is 63.5 Å². The molecule has 1 aliphatic heterocycles. The zero-order chi connectivity index (χ0) is 26.7. The minimum Gasteiger partial charge on any atom is -0.497 e. The third-order valence-electron chi connectivity index (χ3n) is 6.46. The predicted octanol–water partition coefficient (Wildman–Crippen LogP) is 3.13. The number of hydrogen-bond donors (Lipinski definition) is 0. The molecule has 0 saturated carbocycles. The summed E-state index contributed by atoms with van der Waals surface area (Å²) in [6.45, 7) is 6.74. The SMILES string of the molecule is CCN(CC)C(=O)C1=C(C)N=c2s/c(=C/c3ccccc3OC)c(=O)n2[C@@H]1c1cc(OC)ccc1OC. The van der Waals surface area contributed by atoms with Crippen molar-refractivity contribution < 1.29 is 19.0 Å². The lowest BCUT2D eigenvalue weighted by atomic mass is 9.93. The number of fused-ring (bicyclic) bond motifs is 1. The van der Waals surface area contributed by atoms with Crippen LogP contribution in [0.4, 0.5) is 0 Å². The van der Waals surface area contributed by atoms with E-state index in [-0.39, 0.29) is 11.5 Å². The molecule has 194 valence electrons. The third kappa shape index (κ3) is 4.79. The highest BCUT2D eigenvalue weighted by molar-refractivity contribution is 7.07. The van der Waals surface area contributed by atoms with Gasteiger partial charge in [-0.25, -0.2) is 4.99 Å². The second-order valence-corrected chi connectivity index (χ2v) is 9.42. The zero-order valence-electron chi connectivity index (χ0n) is 21.9. The van der Waals surface area contributed by atoms with Crippen molar-refractivity contribution in [2.24, 2.45) is 4.99 Å². The Kier molecular flexibility index (Phi) is 7.83. The van der Waals surface area contributed by atoms with Crippen LogP contribution in [0.2, 0.25) is 0 Å². The minimum absolute atomic E-state index is 0.167. The number of amides is 1. The van der Waals surface area contributed by atoms with Gasteiger partial charge in [-0.1, -0.05) is 29.5 Å². The summed E-state index contributed by atoms with van der Waals surface area (Å²) in [5.41, 5.74) is 2.18. The first kappa shape index (κ1) is 26.2. The van der Waals surface area contributed by atoms with E-state index in [1.165, 1.54) is 11.3 Å². The standard InChI is InChI=1S/C28H31N3O5S/c1-7-30(8-2)27(33)24-17(3)29-28-31(25(24)20-16-19(34-4)13-14-22(20)36-6)26(32)23(37-28)15-18-11-9-10-12-21(18)35-5/h9-16,25H,7-8H2,1-6H3/b23-15+/t25-/m1/s1. The number of allylic oxidation sites excluding steroid dienone is 1. The normalized spacial score (nSPS) is 15.2. The van der Waals surface area contributed by atoms with Crippen LogP contribution >= 0.6 is 11.3 Å². The van der Waals surface area contributed by atoms with Crippen molar-refractivity contribution >= 4 is 23.3 Å². The molecule has 37 heavy (non-hydrogen) atoms. The van der Waals surface area contributed by atoms with Gasteiger partial charge in [-0.05, 0) is 51.1 Å². The van der Waals surface area contributed by atoms with Crippen LogP contribution in [-0.2, 0) is 4.79 Å². The van der Waals surface area contributed by atoms with Crippen LogP contribution in [0.1, 0.15) is 37.9 Å². The number of hydrogen-bond acceptors (Lipinski definition) is 7. The number of aromatic nitrogens is 1. The Labute approximate surface area is 219 Å². The fourth-order valence-electron chi connectivity index (χ4n) is 4.55. The smallest absolute Gasteiger partial charge is 0.271 e. The number of para-hydroxylation sites is 1. The second kappa shape index (κ2) is 11.0. The first-order chi connectivity index (χ1) is 17.9. The Morgan fingerprint density at radius 1 is 1.05 bits per heavy atom. The fraction of sp³-hybridized carbons (Fsp3) is 0.321. The van der Waals surface area contributed by atoms with E-state index >= 15 is 0 Å². The average Bonchev–Trinajstić information content (AvgIpc) is 3.22. The highest BCUT2D eigenvalue weighted by Gasteiger charge is 2.36. The Bertz CT molecular complexity index is 1530. The number of likely N-dealkylation sites (N-methyl/N-ethyl adjacent to an activating group) is 1. The van der Waals surface area contributed by atoms with Gasteiger partial charge in [0, 0.05) is 24.2 Å². The van der Waals surface area contributed by atoms with Crippen molar-refractivity contribution in [2.75, 3.05) is 34.4 Å². The highest BCUT2D eigenvalue weighted by Crippen LogP contribution is 2.38. The molecule has 4 rings (SSSR count). The number of thiazole rings is 1. The van der Waals surface area contributed by atoms with Crippen LogP contribution in [0.25, 0.3) is 6.08 Å². The van der Waals surface area contributed by atoms with Gasteiger partial charge in [0.2, 0.25) is 0 Å². The van der Waals surface area contributed by atoms with Gasteiger partial charge in [0.1, 0.15) is 23.3 Å². The molecule has 0 spiro atoms. The Morgan fingerprint density at radius 2 is 1.76 bits per heavy atom. The van der Waals surface area contributed by atoms with Gasteiger partial charge in [-0.2, -0.15) is 0 Å². The molecule has 0 aliphatic carbocycles. The molecule has 0 fully saturated rings. The number of carbonyl (C=O) groups excluding carboxylic acids is 1. The molecule has 0 radical (unpaired) electrons. The maximum absolute atomic E-state index is 14.0. The summed E-state index contributed by atoms with van der Waals surface area (Å²) >= 11 is 1.28. The van der Waals surface area contributed by atoms with Crippen molar-refractivity contribution in [2.45, 2.75) is 26.8 Å². The summed E-state index contributed by atoms with van der Waals surface area (Å²) in [5, 5.41) is 0. The van der Waals surface area contributed by atoms with Crippen molar-refractivity contribution in [3.63, 3.8) is 0 Å². The first-order valence-electron chi connectivity index (χ1n) is 12.0. The number of ether oxygens (including phenoxy) is 3. The van der Waals surface area contributed by atoms with Crippen LogP contribution in [-0.4, -0.2) is 49.8 Å². The molecule has 1 aliphatic rings. The molecule has 3 aromatic rings. The Balaban J connectivity index is 2.04. The molecular formula is C28H31N3O5S. The lowest BCUT2D eigenvalue weighted by Gasteiger charge is -2.30. The molecule has 0 N–H and O–H groups in total. The largest absolute Gasteiger partial charge is 0.497 e. The topological polar surface area (TPSA) is 82.4 Å². The van der Waals surface area contributed by atoms with Crippen LogP contribution in [0.5, 0.6) is 17.2 Å². The maximum atomic E-state index is 14.0. The molecule has 1 amide bonds. The summed E-state index contributed by atoms with van der Waals surface area (Å²) in [4.78, 5) is 34.7. The zero-order valence-corrected chi connectivity index (χ0v) is 22.7. The lowest BCUT2D eigenvalue weighted by Crippen LogP contribution is -2.43. The molecular weight excluding hydrogens is 490 g/mol. The number of carbonyl (C=O) groups is 1. The average molecular weight is 522 g/mol. The Hall–Kier alpha value is -3.85.